The molecule has 0 atom stereocenters. The normalized spacial score (nSPS) is 11.7. The molecule has 2 heterocycles. The van der Waals surface area contributed by atoms with Crippen LogP contribution in [-0.4, -0.2) is 20.1 Å². The van der Waals surface area contributed by atoms with Crippen LogP contribution in [0.2, 0.25) is 5.02 Å². The highest BCUT2D eigenvalue weighted by Crippen LogP contribution is 2.37. The van der Waals surface area contributed by atoms with Crippen molar-refractivity contribution in [3.8, 4) is 5.88 Å². The summed E-state index contributed by atoms with van der Waals surface area (Å²) >= 11 is 5.97. The number of hydrogen-bond acceptors (Lipinski definition) is 5. The summed E-state index contributed by atoms with van der Waals surface area (Å²) < 4.78 is 0. The lowest BCUT2D eigenvalue weighted by molar-refractivity contribution is 0.459. The van der Waals surface area contributed by atoms with Crippen LogP contribution >= 0.6 is 11.6 Å². The van der Waals surface area contributed by atoms with E-state index in [1.165, 1.54) is 0 Å². The lowest BCUT2D eigenvalue weighted by Gasteiger charge is -1.97. The zero-order chi connectivity index (χ0) is 16.7. The summed E-state index contributed by atoms with van der Waals surface area (Å²) in [6.07, 6.45) is 0. The van der Waals surface area contributed by atoms with Crippen LogP contribution in [0.1, 0.15) is 0 Å². The Morgan fingerprint density at radius 2 is 1.88 bits per heavy atom. The topological polar surface area (TPSA) is 106 Å². The van der Waals surface area contributed by atoms with Gasteiger partial charge in [0.2, 0.25) is 11.7 Å². The fraction of sp³-hybridized carbons (Fsp3) is 0. The van der Waals surface area contributed by atoms with Gasteiger partial charge < -0.3 is 15.1 Å². The molecule has 4 rings (SSSR count). The van der Waals surface area contributed by atoms with Gasteiger partial charge in [0.15, 0.2) is 5.69 Å². The number of benzene rings is 2. The van der Waals surface area contributed by atoms with E-state index in [0.29, 0.717) is 27.0 Å². The zero-order valence-corrected chi connectivity index (χ0v) is 12.9. The van der Waals surface area contributed by atoms with Crippen molar-refractivity contribution >= 4 is 45.0 Å². The molecule has 4 aromatic rings. The van der Waals surface area contributed by atoms with E-state index in [9.17, 15) is 9.90 Å². The molecule has 0 bridgehead atoms. The Kier molecular flexibility index (Phi) is 3.28. The highest BCUT2D eigenvalue weighted by atomic mass is 35.5. The number of azo groups is 1. The molecule has 0 unspecified atom stereocenters. The molecule has 0 spiro atoms. The predicted molar refractivity (Wildman–Crippen MR) is 91.5 cm³/mol. The smallest absolute Gasteiger partial charge is 0.295 e. The average Bonchev–Trinajstić information content (AvgIpc) is 2.87. The second-order valence-corrected chi connectivity index (χ2v) is 5.56. The van der Waals surface area contributed by atoms with E-state index in [0.717, 1.165) is 0 Å². The van der Waals surface area contributed by atoms with Gasteiger partial charge in [0.25, 0.3) is 5.56 Å². The summed E-state index contributed by atoms with van der Waals surface area (Å²) in [6.45, 7) is 0. The molecule has 0 saturated carbocycles. The third kappa shape index (κ3) is 2.40. The molecule has 2 aromatic heterocycles. The molecule has 0 aliphatic carbocycles. The molecular formula is C16H10ClN5O2. The van der Waals surface area contributed by atoms with Crippen molar-refractivity contribution in [1.29, 1.82) is 0 Å². The SMILES string of the molecule is O=c1[nH]c2ccccc2nc1N=Nc1c(O)[nH]c2ccc(Cl)cc12. The van der Waals surface area contributed by atoms with Gasteiger partial charge in [0.05, 0.1) is 16.6 Å². The van der Waals surface area contributed by atoms with E-state index in [2.05, 4.69) is 25.2 Å². The Balaban J connectivity index is 1.83. The van der Waals surface area contributed by atoms with Crippen molar-refractivity contribution in [2.24, 2.45) is 10.2 Å². The summed E-state index contributed by atoms with van der Waals surface area (Å²) in [4.78, 5) is 21.7. The number of rotatable bonds is 2. The Hall–Kier alpha value is -3.19. The summed E-state index contributed by atoms with van der Waals surface area (Å²) in [5, 5.41) is 18.9. The standard InChI is InChI=1S/C16H10ClN5O2/c17-8-5-6-10-9(7-8)13(15(23)19-10)21-22-14-16(24)20-12-4-2-1-3-11(12)18-14/h1-7,19,23H,(H,20,24). The maximum Gasteiger partial charge on any atom is 0.295 e. The van der Waals surface area contributed by atoms with Crippen LogP contribution in [-0.2, 0) is 0 Å². The first-order valence-electron chi connectivity index (χ1n) is 7.03. The third-order valence-corrected chi connectivity index (χ3v) is 3.78. The lowest BCUT2D eigenvalue weighted by Crippen LogP contribution is -2.06. The predicted octanol–water partition coefficient (Wildman–Crippen LogP) is 4.18. The Morgan fingerprint density at radius 1 is 1.04 bits per heavy atom. The van der Waals surface area contributed by atoms with E-state index in [1.807, 2.05) is 6.07 Å². The molecule has 8 heteroatoms. The lowest BCUT2D eigenvalue weighted by atomic mass is 10.2. The van der Waals surface area contributed by atoms with Crippen molar-refractivity contribution in [3.05, 3.63) is 57.8 Å². The molecule has 0 aliphatic rings. The maximum absolute atomic E-state index is 12.0. The fourth-order valence-electron chi connectivity index (χ4n) is 2.42. The van der Waals surface area contributed by atoms with Crippen molar-refractivity contribution in [2.45, 2.75) is 0 Å². The molecule has 0 aliphatic heterocycles. The zero-order valence-electron chi connectivity index (χ0n) is 12.1. The van der Waals surface area contributed by atoms with Crippen molar-refractivity contribution in [2.75, 3.05) is 0 Å². The van der Waals surface area contributed by atoms with Gasteiger partial charge >= 0.3 is 0 Å². The number of para-hydroxylation sites is 2. The van der Waals surface area contributed by atoms with Crippen LogP contribution in [0.15, 0.2) is 57.5 Å². The van der Waals surface area contributed by atoms with Gasteiger partial charge in [0.1, 0.15) is 0 Å². The Morgan fingerprint density at radius 3 is 2.75 bits per heavy atom. The average molecular weight is 340 g/mol. The van der Waals surface area contributed by atoms with Crippen LogP contribution in [0.5, 0.6) is 5.88 Å². The van der Waals surface area contributed by atoms with Gasteiger partial charge in [-0.15, -0.1) is 10.2 Å². The van der Waals surface area contributed by atoms with Crippen LogP contribution in [0.25, 0.3) is 21.9 Å². The fourth-order valence-corrected chi connectivity index (χ4v) is 2.59. The van der Waals surface area contributed by atoms with E-state index < -0.39 is 5.56 Å². The maximum atomic E-state index is 12.0. The van der Waals surface area contributed by atoms with Crippen LogP contribution < -0.4 is 5.56 Å². The van der Waals surface area contributed by atoms with Gasteiger partial charge in [-0.2, -0.15) is 0 Å². The van der Waals surface area contributed by atoms with Crippen molar-refractivity contribution in [3.63, 3.8) is 0 Å². The van der Waals surface area contributed by atoms with Crippen LogP contribution in [0.3, 0.4) is 0 Å². The van der Waals surface area contributed by atoms with E-state index in [-0.39, 0.29) is 17.4 Å². The minimum absolute atomic E-state index is 0.0931. The quantitative estimate of drug-likeness (QED) is 0.477. The molecule has 7 nitrogen and oxygen atoms in total. The largest absolute Gasteiger partial charge is 0.493 e. The highest BCUT2D eigenvalue weighted by molar-refractivity contribution is 6.31. The van der Waals surface area contributed by atoms with E-state index >= 15 is 0 Å². The summed E-state index contributed by atoms with van der Waals surface area (Å²) in [7, 11) is 0. The Bertz CT molecular complexity index is 1160. The number of nitrogens with one attached hydrogen (secondary N) is 2. The number of aromatic hydroxyl groups is 1. The first-order chi connectivity index (χ1) is 11.6. The second kappa shape index (κ2) is 5.47. The van der Waals surface area contributed by atoms with E-state index in [4.69, 9.17) is 11.6 Å². The molecule has 0 amide bonds. The van der Waals surface area contributed by atoms with Crippen molar-refractivity contribution in [1.82, 2.24) is 15.0 Å². The molecule has 0 fully saturated rings. The molecule has 3 N–H and O–H groups in total. The number of H-pyrrole nitrogens is 2. The van der Waals surface area contributed by atoms with Gasteiger partial charge in [-0.1, -0.05) is 23.7 Å². The number of fused-ring (bicyclic) bond motifs is 2. The number of aromatic amines is 2. The first-order valence-corrected chi connectivity index (χ1v) is 7.40. The highest BCUT2D eigenvalue weighted by Gasteiger charge is 2.11. The first kappa shape index (κ1) is 14.4. The van der Waals surface area contributed by atoms with Crippen LogP contribution in [0.4, 0.5) is 11.5 Å². The van der Waals surface area contributed by atoms with Gasteiger partial charge in [0, 0.05) is 10.4 Å². The molecular weight excluding hydrogens is 330 g/mol. The molecule has 0 radical (unpaired) electrons. The molecule has 24 heavy (non-hydrogen) atoms. The van der Waals surface area contributed by atoms with Gasteiger partial charge in [-0.3, -0.25) is 4.79 Å². The Labute approximate surface area is 139 Å². The summed E-state index contributed by atoms with van der Waals surface area (Å²) in [6, 6.07) is 12.2. The number of halogens is 1. The molecule has 118 valence electrons. The number of hydrogen-bond donors (Lipinski definition) is 3. The minimum atomic E-state index is -0.463. The van der Waals surface area contributed by atoms with Crippen LogP contribution in [0, 0.1) is 0 Å². The second-order valence-electron chi connectivity index (χ2n) is 5.12. The monoisotopic (exact) mass is 339 g/mol. The van der Waals surface area contributed by atoms with Gasteiger partial charge in [-0.25, -0.2) is 4.98 Å². The van der Waals surface area contributed by atoms with Gasteiger partial charge in [-0.05, 0) is 30.3 Å². The summed E-state index contributed by atoms with van der Waals surface area (Å²) in [5.41, 5.74) is 1.60. The number of aromatic nitrogens is 3. The molecule has 0 saturated heterocycles. The minimum Gasteiger partial charge on any atom is -0.493 e. The molecule has 2 aromatic carbocycles. The van der Waals surface area contributed by atoms with Crippen molar-refractivity contribution < 1.29 is 5.11 Å². The summed E-state index contributed by atoms with van der Waals surface area (Å²) in [5.74, 6) is -0.252. The third-order valence-electron chi connectivity index (χ3n) is 3.54. The van der Waals surface area contributed by atoms with E-state index in [1.54, 1.807) is 36.4 Å². The number of nitrogens with zero attached hydrogens (tertiary/aromatic N) is 3.